The third-order valence-electron chi connectivity index (χ3n) is 6.19. The summed E-state index contributed by atoms with van der Waals surface area (Å²) in [6.45, 7) is 9.13. The molecular formula is C23H37IN4O. The number of piperidine rings is 1. The van der Waals surface area contributed by atoms with E-state index < -0.39 is 0 Å². The van der Waals surface area contributed by atoms with E-state index in [1.807, 2.05) is 11.9 Å². The van der Waals surface area contributed by atoms with E-state index in [-0.39, 0.29) is 29.9 Å². The van der Waals surface area contributed by atoms with Crippen LogP contribution in [0, 0.1) is 5.41 Å². The molecule has 29 heavy (non-hydrogen) atoms. The van der Waals surface area contributed by atoms with Crippen molar-refractivity contribution in [3.8, 4) is 0 Å². The van der Waals surface area contributed by atoms with Crippen molar-refractivity contribution in [1.29, 1.82) is 0 Å². The van der Waals surface area contributed by atoms with E-state index in [4.69, 9.17) is 0 Å². The number of likely N-dealkylation sites (tertiary alicyclic amines) is 1. The van der Waals surface area contributed by atoms with E-state index in [2.05, 4.69) is 53.3 Å². The van der Waals surface area contributed by atoms with E-state index in [9.17, 15) is 4.79 Å². The van der Waals surface area contributed by atoms with E-state index in [0.717, 1.165) is 45.1 Å². The number of halogens is 1. The average molecular weight is 512 g/mol. The smallest absolute Gasteiger partial charge is 0.223 e. The Bertz CT molecular complexity index is 679. The summed E-state index contributed by atoms with van der Waals surface area (Å²) in [6.07, 6.45) is 6.47. The second-order valence-corrected chi connectivity index (χ2v) is 8.68. The number of guanidine groups is 1. The van der Waals surface area contributed by atoms with E-state index >= 15 is 0 Å². The summed E-state index contributed by atoms with van der Waals surface area (Å²) in [4.78, 5) is 21.4. The van der Waals surface area contributed by atoms with Gasteiger partial charge in [0.2, 0.25) is 5.91 Å². The lowest BCUT2D eigenvalue weighted by molar-refractivity contribution is -0.131. The first-order chi connectivity index (χ1) is 13.5. The largest absolute Gasteiger partial charge is 0.356 e. The summed E-state index contributed by atoms with van der Waals surface area (Å²) >= 11 is 0. The van der Waals surface area contributed by atoms with Gasteiger partial charge in [0.1, 0.15) is 0 Å². The van der Waals surface area contributed by atoms with Crippen molar-refractivity contribution in [2.75, 3.05) is 26.7 Å². The lowest BCUT2D eigenvalue weighted by Crippen LogP contribution is -2.50. The van der Waals surface area contributed by atoms with Crippen LogP contribution >= 0.6 is 24.0 Å². The third-order valence-corrected chi connectivity index (χ3v) is 6.19. The molecule has 3 rings (SSSR count). The molecule has 0 saturated carbocycles. The van der Waals surface area contributed by atoms with Crippen molar-refractivity contribution in [3.05, 3.63) is 35.4 Å². The van der Waals surface area contributed by atoms with Crippen LogP contribution < -0.4 is 5.32 Å². The number of benzene rings is 1. The highest BCUT2D eigenvalue weighted by molar-refractivity contribution is 14.0. The fourth-order valence-corrected chi connectivity index (χ4v) is 4.74. The van der Waals surface area contributed by atoms with Gasteiger partial charge in [0.25, 0.3) is 0 Å². The highest BCUT2D eigenvalue weighted by Gasteiger charge is 2.31. The number of rotatable bonds is 6. The Hall–Kier alpha value is -1.31. The van der Waals surface area contributed by atoms with Crippen LogP contribution in [0.1, 0.15) is 63.5 Å². The fraction of sp³-hybridized carbons (Fsp3) is 0.652. The summed E-state index contributed by atoms with van der Waals surface area (Å²) in [5, 5.41) is 3.49. The molecule has 1 atom stereocenters. The summed E-state index contributed by atoms with van der Waals surface area (Å²) < 4.78 is 0. The Morgan fingerprint density at radius 3 is 2.52 bits per heavy atom. The number of carbonyl (C=O) groups is 1. The summed E-state index contributed by atoms with van der Waals surface area (Å²) in [5.74, 6) is 1.24. The van der Waals surface area contributed by atoms with Crippen LogP contribution in [0.25, 0.3) is 0 Å². The molecule has 0 radical (unpaired) electrons. The first-order valence-corrected chi connectivity index (χ1v) is 10.8. The molecule has 2 aliphatic heterocycles. The number of fused-ring (bicyclic) bond motifs is 1. The van der Waals surface area contributed by atoms with E-state index in [0.29, 0.717) is 11.8 Å². The fourth-order valence-electron chi connectivity index (χ4n) is 4.74. The molecule has 1 saturated heterocycles. The van der Waals surface area contributed by atoms with E-state index in [1.54, 1.807) is 0 Å². The Morgan fingerprint density at radius 2 is 1.90 bits per heavy atom. The van der Waals surface area contributed by atoms with Crippen molar-refractivity contribution in [1.82, 2.24) is 15.1 Å². The molecule has 5 nitrogen and oxygen atoms in total. The average Bonchev–Trinajstić information content (AvgIpc) is 3.12. The number of nitrogens with zero attached hydrogens (tertiary/aromatic N) is 3. The molecule has 0 spiro atoms. The molecule has 1 aromatic rings. The van der Waals surface area contributed by atoms with Crippen molar-refractivity contribution >= 4 is 35.8 Å². The zero-order chi connectivity index (χ0) is 20.0. The normalized spacial score (nSPS) is 21.6. The highest BCUT2D eigenvalue weighted by Crippen LogP contribution is 2.33. The number of nitrogens with one attached hydrogen (secondary N) is 1. The van der Waals surface area contributed by atoms with Gasteiger partial charge in [0.15, 0.2) is 5.96 Å². The van der Waals surface area contributed by atoms with Crippen LogP contribution in [0.15, 0.2) is 29.3 Å². The number of carbonyl (C=O) groups excluding carboxylic acids is 1. The van der Waals surface area contributed by atoms with Gasteiger partial charge >= 0.3 is 0 Å². The Labute approximate surface area is 193 Å². The minimum atomic E-state index is 0. The van der Waals surface area contributed by atoms with Crippen LogP contribution in [0.3, 0.4) is 0 Å². The molecule has 0 aliphatic carbocycles. The molecule has 0 bridgehead atoms. The molecule has 6 heteroatoms. The quantitative estimate of drug-likeness (QED) is 0.266. The molecule has 162 valence electrons. The van der Waals surface area contributed by atoms with Crippen molar-refractivity contribution in [2.24, 2.45) is 10.4 Å². The van der Waals surface area contributed by atoms with Crippen LogP contribution in [0.4, 0.5) is 0 Å². The van der Waals surface area contributed by atoms with Gasteiger partial charge < -0.3 is 15.1 Å². The zero-order valence-corrected chi connectivity index (χ0v) is 20.6. The molecule has 2 aliphatic rings. The molecule has 0 aromatic heterocycles. The third kappa shape index (κ3) is 6.33. The highest BCUT2D eigenvalue weighted by atomic mass is 127. The maximum atomic E-state index is 12.5. The van der Waals surface area contributed by atoms with Crippen LogP contribution in [0.2, 0.25) is 0 Å². The van der Waals surface area contributed by atoms with Crippen molar-refractivity contribution < 1.29 is 4.79 Å². The zero-order valence-electron chi connectivity index (χ0n) is 18.2. The minimum Gasteiger partial charge on any atom is -0.356 e. The predicted octanol–water partition coefficient (Wildman–Crippen LogP) is 4.40. The monoisotopic (exact) mass is 512 g/mol. The van der Waals surface area contributed by atoms with Gasteiger partial charge in [-0.3, -0.25) is 9.79 Å². The summed E-state index contributed by atoms with van der Waals surface area (Å²) in [5.41, 5.74) is 2.97. The van der Waals surface area contributed by atoms with Gasteiger partial charge in [-0.15, -0.1) is 24.0 Å². The number of aliphatic imine (C=N–C) groups is 1. The van der Waals surface area contributed by atoms with Crippen molar-refractivity contribution in [2.45, 2.75) is 65.5 Å². The number of hydrogen-bond donors (Lipinski definition) is 1. The second-order valence-electron chi connectivity index (χ2n) is 8.68. The lowest BCUT2D eigenvalue weighted by Gasteiger charge is -2.42. The second kappa shape index (κ2) is 11.2. The van der Waals surface area contributed by atoms with Crippen molar-refractivity contribution in [3.63, 3.8) is 0 Å². The first-order valence-electron chi connectivity index (χ1n) is 10.8. The summed E-state index contributed by atoms with van der Waals surface area (Å²) in [7, 11) is 1.86. The minimum absolute atomic E-state index is 0. The van der Waals surface area contributed by atoms with Gasteiger partial charge in [-0.1, -0.05) is 44.5 Å². The predicted molar refractivity (Wildman–Crippen MR) is 131 cm³/mol. The van der Waals surface area contributed by atoms with Crippen LogP contribution in [-0.4, -0.2) is 48.3 Å². The molecule has 1 N–H and O–H groups in total. The van der Waals surface area contributed by atoms with Crippen LogP contribution in [-0.2, 0) is 17.9 Å². The molecule has 1 aromatic carbocycles. The maximum Gasteiger partial charge on any atom is 0.223 e. The molecule has 1 fully saturated rings. The molecule has 2 heterocycles. The topological polar surface area (TPSA) is 47.9 Å². The molecular weight excluding hydrogens is 475 g/mol. The van der Waals surface area contributed by atoms with Gasteiger partial charge in [0, 0.05) is 46.2 Å². The number of amides is 1. The lowest BCUT2D eigenvalue weighted by atomic mass is 9.78. The van der Waals surface area contributed by atoms with Gasteiger partial charge in [-0.05, 0) is 42.2 Å². The van der Waals surface area contributed by atoms with Gasteiger partial charge in [-0.25, -0.2) is 0 Å². The number of hydrogen-bond acceptors (Lipinski definition) is 2. The standard InChI is InChI=1S/C23H36N4O.HI/c1-4-12-23(2)13-8-15-26(18-23)22(24-3)25-14-7-11-21(28)27-16-19-9-5-6-10-20(19)17-27;/h5-6,9-10H,4,7-8,11-18H2,1-3H3,(H,24,25);1H. The Balaban J connectivity index is 0.00000300. The Morgan fingerprint density at radius 1 is 1.21 bits per heavy atom. The SMILES string of the molecule is CCCC1(C)CCCN(C(=NC)NCCCC(=O)N2Cc3ccccc3C2)C1.I. The maximum absolute atomic E-state index is 12.5. The van der Waals surface area contributed by atoms with Gasteiger partial charge in [-0.2, -0.15) is 0 Å². The Kier molecular flexibility index (Phi) is 9.24. The van der Waals surface area contributed by atoms with E-state index in [1.165, 1.54) is 36.8 Å². The summed E-state index contributed by atoms with van der Waals surface area (Å²) in [6, 6.07) is 8.35. The molecule has 1 unspecified atom stereocenters. The molecule has 1 amide bonds. The van der Waals surface area contributed by atoms with Gasteiger partial charge in [0.05, 0.1) is 0 Å². The first kappa shape index (κ1) is 24.0. The van der Waals surface area contributed by atoms with Crippen LogP contribution in [0.5, 0.6) is 0 Å².